The fourth-order valence-corrected chi connectivity index (χ4v) is 2.58. The van der Waals surface area contributed by atoms with Gasteiger partial charge in [-0.1, -0.05) is 0 Å². The minimum Gasteiger partial charge on any atom is -0.385 e. The molecule has 1 saturated heterocycles. The summed E-state index contributed by atoms with van der Waals surface area (Å²) in [7, 11) is 1.68. The number of piperidine rings is 1. The first-order valence-electron chi connectivity index (χ1n) is 7.12. The third kappa shape index (κ3) is 4.64. The van der Waals surface area contributed by atoms with E-state index in [1.807, 2.05) is 0 Å². The van der Waals surface area contributed by atoms with Crippen LogP contribution in [0.5, 0.6) is 0 Å². The molecule has 2 rings (SSSR count). The van der Waals surface area contributed by atoms with Gasteiger partial charge in [-0.3, -0.25) is 0 Å². The lowest BCUT2D eigenvalue weighted by molar-refractivity contribution is -0.141. The van der Waals surface area contributed by atoms with Crippen LogP contribution in [0.1, 0.15) is 36.7 Å². The van der Waals surface area contributed by atoms with Gasteiger partial charge in [-0.25, -0.2) is 9.97 Å². The number of hydrogen-bond donors (Lipinski definition) is 0. The van der Waals surface area contributed by atoms with Gasteiger partial charge in [0, 0.05) is 32.4 Å². The molecule has 0 N–H and O–H groups in total. The van der Waals surface area contributed by atoms with E-state index in [0.717, 1.165) is 51.6 Å². The highest BCUT2D eigenvalue weighted by molar-refractivity contribution is 5.09. The van der Waals surface area contributed by atoms with Crippen LogP contribution in [0.2, 0.25) is 0 Å². The smallest absolute Gasteiger partial charge is 0.385 e. The molecule has 0 amide bonds. The van der Waals surface area contributed by atoms with Gasteiger partial charge in [-0.2, -0.15) is 13.2 Å². The van der Waals surface area contributed by atoms with E-state index in [1.54, 1.807) is 7.11 Å². The molecule has 1 aliphatic heterocycles. The molecule has 0 unspecified atom stereocenters. The predicted octanol–water partition coefficient (Wildman–Crippen LogP) is 2.71. The average Bonchev–Trinajstić information content (AvgIpc) is 2.47. The maximum Gasteiger partial charge on any atom is 0.433 e. The van der Waals surface area contributed by atoms with E-state index in [4.69, 9.17) is 4.74 Å². The third-order valence-electron chi connectivity index (χ3n) is 3.74. The molecule has 0 radical (unpaired) electrons. The van der Waals surface area contributed by atoms with Gasteiger partial charge in [0.1, 0.15) is 11.5 Å². The predicted molar refractivity (Wildman–Crippen MR) is 71.9 cm³/mol. The van der Waals surface area contributed by atoms with Crippen molar-refractivity contribution < 1.29 is 17.9 Å². The van der Waals surface area contributed by atoms with Crippen LogP contribution in [0.25, 0.3) is 0 Å². The fourth-order valence-electron chi connectivity index (χ4n) is 2.58. The van der Waals surface area contributed by atoms with Crippen molar-refractivity contribution in [1.29, 1.82) is 0 Å². The van der Waals surface area contributed by atoms with Gasteiger partial charge >= 0.3 is 6.18 Å². The van der Waals surface area contributed by atoms with E-state index < -0.39 is 11.9 Å². The normalized spacial score (nSPS) is 18.1. The van der Waals surface area contributed by atoms with Crippen LogP contribution in [0.15, 0.2) is 12.3 Å². The van der Waals surface area contributed by atoms with Crippen molar-refractivity contribution in [3.8, 4) is 0 Å². The van der Waals surface area contributed by atoms with Gasteiger partial charge in [0.05, 0.1) is 0 Å². The highest BCUT2D eigenvalue weighted by Crippen LogP contribution is 2.30. The summed E-state index contributed by atoms with van der Waals surface area (Å²) >= 11 is 0. The summed E-state index contributed by atoms with van der Waals surface area (Å²) in [6, 6.07) is 0.920. The highest BCUT2D eigenvalue weighted by atomic mass is 19.4. The van der Waals surface area contributed by atoms with Gasteiger partial charge < -0.3 is 9.64 Å². The van der Waals surface area contributed by atoms with E-state index in [9.17, 15) is 13.2 Å². The zero-order valence-electron chi connectivity index (χ0n) is 12.1. The molecule has 0 bridgehead atoms. The van der Waals surface area contributed by atoms with Crippen LogP contribution in [0.4, 0.5) is 13.2 Å². The second-order valence-electron chi connectivity index (χ2n) is 5.26. The number of halogens is 3. The molecule has 0 aliphatic carbocycles. The summed E-state index contributed by atoms with van der Waals surface area (Å²) in [6.45, 7) is 3.43. The Morgan fingerprint density at radius 3 is 2.67 bits per heavy atom. The van der Waals surface area contributed by atoms with E-state index in [0.29, 0.717) is 5.82 Å². The maximum absolute atomic E-state index is 12.7. The molecular weight excluding hydrogens is 283 g/mol. The van der Waals surface area contributed by atoms with Crippen molar-refractivity contribution in [2.24, 2.45) is 0 Å². The van der Waals surface area contributed by atoms with Crippen molar-refractivity contribution in [2.45, 2.75) is 31.4 Å². The Kier molecular flexibility index (Phi) is 5.52. The minimum atomic E-state index is -4.40. The number of hydrogen-bond acceptors (Lipinski definition) is 4. The summed E-state index contributed by atoms with van der Waals surface area (Å²) in [5.74, 6) is 0.340. The van der Waals surface area contributed by atoms with Gasteiger partial charge in [-0.05, 0) is 38.4 Å². The molecule has 2 heterocycles. The molecule has 1 aromatic heterocycles. The Labute approximate surface area is 122 Å². The van der Waals surface area contributed by atoms with Gasteiger partial charge in [0.15, 0.2) is 0 Å². The van der Waals surface area contributed by atoms with Crippen LogP contribution < -0.4 is 0 Å². The SMILES string of the molecule is COCCCN1CCC(c2nccc(C(F)(F)F)n2)CC1. The molecule has 21 heavy (non-hydrogen) atoms. The second-order valence-corrected chi connectivity index (χ2v) is 5.26. The Morgan fingerprint density at radius 1 is 1.33 bits per heavy atom. The zero-order chi connectivity index (χ0) is 15.3. The quantitative estimate of drug-likeness (QED) is 0.784. The molecule has 1 aromatic rings. The van der Waals surface area contributed by atoms with Crippen molar-refractivity contribution in [3.05, 3.63) is 23.8 Å². The number of nitrogens with zero attached hydrogens (tertiary/aromatic N) is 3. The maximum atomic E-state index is 12.7. The average molecular weight is 303 g/mol. The second kappa shape index (κ2) is 7.17. The Balaban J connectivity index is 1.90. The molecule has 1 aliphatic rings. The molecule has 118 valence electrons. The van der Waals surface area contributed by atoms with Gasteiger partial charge in [0.25, 0.3) is 0 Å². The van der Waals surface area contributed by atoms with Gasteiger partial charge in [-0.15, -0.1) is 0 Å². The lowest BCUT2D eigenvalue weighted by atomic mass is 9.95. The molecular formula is C14H20F3N3O. The largest absolute Gasteiger partial charge is 0.433 e. The first-order valence-corrected chi connectivity index (χ1v) is 7.12. The lowest BCUT2D eigenvalue weighted by Crippen LogP contribution is -2.34. The molecule has 0 atom stereocenters. The van der Waals surface area contributed by atoms with E-state index in [2.05, 4.69) is 14.9 Å². The molecule has 0 saturated carbocycles. The summed E-state index contributed by atoms with van der Waals surface area (Å²) < 4.78 is 43.0. The third-order valence-corrected chi connectivity index (χ3v) is 3.74. The summed E-state index contributed by atoms with van der Waals surface area (Å²) in [5.41, 5.74) is -0.852. The van der Waals surface area contributed by atoms with Crippen LogP contribution in [-0.4, -0.2) is 48.2 Å². The summed E-state index contributed by atoms with van der Waals surface area (Å²) in [6.07, 6.45) is -0.627. The van der Waals surface area contributed by atoms with Crippen LogP contribution in [-0.2, 0) is 10.9 Å². The number of rotatable bonds is 5. The number of aromatic nitrogens is 2. The summed E-state index contributed by atoms with van der Waals surface area (Å²) in [4.78, 5) is 10.0. The lowest BCUT2D eigenvalue weighted by Gasteiger charge is -2.31. The van der Waals surface area contributed by atoms with Crippen molar-refractivity contribution in [2.75, 3.05) is 33.4 Å². The van der Waals surface area contributed by atoms with Crippen molar-refractivity contribution in [1.82, 2.24) is 14.9 Å². The Morgan fingerprint density at radius 2 is 2.05 bits per heavy atom. The molecule has 4 nitrogen and oxygen atoms in total. The monoisotopic (exact) mass is 303 g/mol. The topological polar surface area (TPSA) is 38.2 Å². The van der Waals surface area contributed by atoms with Gasteiger partial charge in [0.2, 0.25) is 0 Å². The van der Waals surface area contributed by atoms with Crippen LogP contribution >= 0.6 is 0 Å². The highest BCUT2D eigenvalue weighted by Gasteiger charge is 2.33. The Hall–Kier alpha value is -1.21. The van der Waals surface area contributed by atoms with Crippen LogP contribution in [0.3, 0.4) is 0 Å². The van der Waals surface area contributed by atoms with Crippen molar-refractivity contribution >= 4 is 0 Å². The summed E-state index contributed by atoms with van der Waals surface area (Å²) in [5, 5.41) is 0. The standard InChI is InChI=1S/C14H20F3N3O/c1-21-10-2-7-20-8-4-11(5-9-20)13-18-6-3-12(19-13)14(15,16)17/h3,6,11H,2,4-5,7-10H2,1H3. The number of alkyl halides is 3. The molecule has 0 spiro atoms. The molecule has 1 fully saturated rings. The van der Waals surface area contributed by atoms with E-state index in [1.165, 1.54) is 6.20 Å². The zero-order valence-corrected chi connectivity index (χ0v) is 12.1. The van der Waals surface area contributed by atoms with Crippen molar-refractivity contribution in [3.63, 3.8) is 0 Å². The Bertz CT molecular complexity index is 445. The van der Waals surface area contributed by atoms with Crippen LogP contribution in [0, 0.1) is 0 Å². The number of methoxy groups -OCH3 is 1. The van der Waals surface area contributed by atoms with E-state index >= 15 is 0 Å². The number of likely N-dealkylation sites (tertiary alicyclic amines) is 1. The first kappa shape index (κ1) is 16.2. The first-order chi connectivity index (χ1) is 10.0. The fraction of sp³-hybridized carbons (Fsp3) is 0.714. The minimum absolute atomic E-state index is 0.0194. The molecule has 0 aromatic carbocycles. The number of ether oxygens (including phenoxy) is 1. The molecule has 7 heteroatoms. The van der Waals surface area contributed by atoms with E-state index in [-0.39, 0.29) is 5.92 Å².